The van der Waals surface area contributed by atoms with Gasteiger partial charge < -0.3 is 15.5 Å². The molecule has 1 aliphatic heterocycles. The summed E-state index contributed by atoms with van der Waals surface area (Å²) in [5.74, 6) is 0.232. The first-order valence-corrected chi connectivity index (χ1v) is 7.95. The Balaban J connectivity index is 2.66. The Morgan fingerprint density at radius 1 is 1.35 bits per heavy atom. The predicted octanol–water partition coefficient (Wildman–Crippen LogP) is 0.598. The quantitative estimate of drug-likeness (QED) is 0.776. The molecular formula is C15H32N4O. The van der Waals surface area contributed by atoms with Gasteiger partial charge in [-0.15, -0.1) is 0 Å². The molecule has 5 nitrogen and oxygen atoms in total. The van der Waals surface area contributed by atoms with Crippen LogP contribution in [0.15, 0.2) is 0 Å². The highest BCUT2D eigenvalue weighted by atomic mass is 16.2. The molecule has 2 unspecified atom stereocenters. The first-order valence-electron chi connectivity index (χ1n) is 7.95. The SMILES string of the molecule is CCN(CC)C(=O)CC(CN)N1CCCN(C)CC1C. The van der Waals surface area contributed by atoms with Gasteiger partial charge in [0.05, 0.1) is 0 Å². The Hall–Kier alpha value is -0.650. The molecule has 2 N–H and O–H groups in total. The van der Waals surface area contributed by atoms with Crippen LogP contribution in [0.1, 0.15) is 33.6 Å². The minimum absolute atomic E-state index is 0.171. The Kier molecular flexibility index (Phi) is 7.48. The lowest BCUT2D eigenvalue weighted by Crippen LogP contribution is -2.50. The largest absolute Gasteiger partial charge is 0.343 e. The minimum Gasteiger partial charge on any atom is -0.343 e. The van der Waals surface area contributed by atoms with Crippen LogP contribution in [0.3, 0.4) is 0 Å². The van der Waals surface area contributed by atoms with Gasteiger partial charge in [0.25, 0.3) is 0 Å². The van der Waals surface area contributed by atoms with Gasteiger partial charge in [0.2, 0.25) is 5.91 Å². The molecule has 0 aliphatic carbocycles. The zero-order chi connectivity index (χ0) is 15.1. The van der Waals surface area contributed by atoms with Crippen molar-refractivity contribution in [3.05, 3.63) is 0 Å². The first-order chi connectivity index (χ1) is 9.53. The molecule has 2 atom stereocenters. The normalized spacial score (nSPS) is 23.4. The summed E-state index contributed by atoms with van der Waals surface area (Å²) in [7, 11) is 2.17. The lowest BCUT2D eigenvalue weighted by Gasteiger charge is -2.35. The van der Waals surface area contributed by atoms with Crippen LogP contribution in [0.5, 0.6) is 0 Å². The summed E-state index contributed by atoms with van der Waals surface area (Å²) in [6, 6.07) is 0.630. The molecule has 118 valence electrons. The third-order valence-electron chi connectivity index (χ3n) is 4.37. The number of carbonyl (C=O) groups is 1. The number of amides is 1. The second kappa shape index (κ2) is 8.60. The van der Waals surface area contributed by atoms with Crippen molar-refractivity contribution in [3.63, 3.8) is 0 Å². The van der Waals surface area contributed by atoms with Gasteiger partial charge in [-0.1, -0.05) is 0 Å². The molecule has 1 heterocycles. The van der Waals surface area contributed by atoms with E-state index in [-0.39, 0.29) is 11.9 Å². The molecule has 1 saturated heterocycles. The number of hydrogen-bond donors (Lipinski definition) is 1. The molecule has 0 bridgehead atoms. The zero-order valence-corrected chi connectivity index (χ0v) is 13.6. The first kappa shape index (κ1) is 17.4. The van der Waals surface area contributed by atoms with Crippen molar-refractivity contribution in [1.82, 2.24) is 14.7 Å². The van der Waals surface area contributed by atoms with Crippen LogP contribution in [0.2, 0.25) is 0 Å². The average molecular weight is 284 g/mol. The molecule has 5 heteroatoms. The zero-order valence-electron chi connectivity index (χ0n) is 13.6. The number of likely N-dealkylation sites (N-methyl/N-ethyl adjacent to an activating group) is 1. The second-order valence-electron chi connectivity index (χ2n) is 5.86. The molecule has 0 spiro atoms. The van der Waals surface area contributed by atoms with Gasteiger partial charge in [0, 0.05) is 51.2 Å². The maximum absolute atomic E-state index is 12.3. The lowest BCUT2D eigenvalue weighted by molar-refractivity contribution is -0.132. The van der Waals surface area contributed by atoms with Crippen molar-refractivity contribution in [2.45, 2.75) is 45.7 Å². The van der Waals surface area contributed by atoms with E-state index < -0.39 is 0 Å². The number of rotatable bonds is 6. The fraction of sp³-hybridized carbons (Fsp3) is 0.933. The molecular weight excluding hydrogens is 252 g/mol. The fourth-order valence-corrected chi connectivity index (χ4v) is 3.18. The highest BCUT2D eigenvalue weighted by Crippen LogP contribution is 2.15. The van der Waals surface area contributed by atoms with E-state index >= 15 is 0 Å². The van der Waals surface area contributed by atoms with E-state index in [2.05, 4.69) is 23.8 Å². The van der Waals surface area contributed by atoms with Crippen LogP contribution in [0.25, 0.3) is 0 Å². The summed E-state index contributed by atoms with van der Waals surface area (Å²) < 4.78 is 0. The van der Waals surface area contributed by atoms with Crippen LogP contribution in [-0.4, -0.2) is 79.0 Å². The molecule has 0 aromatic rings. The van der Waals surface area contributed by atoms with Crippen LogP contribution < -0.4 is 5.73 Å². The van der Waals surface area contributed by atoms with Gasteiger partial charge >= 0.3 is 0 Å². The molecule has 1 amide bonds. The predicted molar refractivity (Wildman–Crippen MR) is 83.7 cm³/mol. The number of nitrogens with two attached hydrogens (primary N) is 1. The third-order valence-corrected chi connectivity index (χ3v) is 4.37. The summed E-state index contributed by atoms with van der Waals surface area (Å²) in [4.78, 5) is 19.0. The standard InChI is InChI=1S/C15H32N4O/c1-5-18(6-2)15(20)10-14(11-16)19-9-7-8-17(4)12-13(19)3/h13-14H,5-12,16H2,1-4H3. The Morgan fingerprint density at radius 3 is 2.55 bits per heavy atom. The molecule has 0 aromatic carbocycles. The van der Waals surface area contributed by atoms with E-state index in [1.807, 2.05) is 18.7 Å². The molecule has 1 aliphatic rings. The van der Waals surface area contributed by atoms with E-state index in [1.165, 1.54) is 0 Å². The van der Waals surface area contributed by atoms with Crippen molar-refractivity contribution in [3.8, 4) is 0 Å². The van der Waals surface area contributed by atoms with Gasteiger partial charge in [-0.2, -0.15) is 0 Å². The fourth-order valence-electron chi connectivity index (χ4n) is 3.18. The summed E-state index contributed by atoms with van der Waals surface area (Å²) in [6.45, 7) is 11.6. The van der Waals surface area contributed by atoms with E-state index in [0.29, 0.717) is 19.0 Å². The minimum atomic E-state index is 0.171. The number of hydrogen-bond acceptors (Lipinski definition) is 4. The summed E-state index contributed by atoms with van der Waals surface area (Å²) in [5, 5.41) is 0. The molecule has 0 radical (unpaired) electrons. The van der Waals surface area contributed by atoms with E-state index in [1.54, 1.807) is 0 Å². The van der Waals surface area contributed by atoms with Gasteiger partial charge in [0.1, 0.15) is 0 Å². The van der Waals surface area contributed by atoms with Crippen LogP contribution >= 0.6 is 0 Å². The summed E-state index contributed by atoms with van der Waals surface area (Å²) >= 11 is 0. The summed E-state index contributed by atoms with van der Waals surface area (Å²) in [5.41, 5.74) is 5.96. The Labute approximate surface area is 124 Å². The number of carbonyl (C=O) groups excluding carboxylic acids is 1. The highest BCUT2D eigenvalue weighted by molar-refractivity contribution is 5.76. The second-order valence-corrected chi connectivity index (χ2v) is 5.86. The highest BCUT2D eigenvalue weighted by Gasteiger charge is 2.28. The topological polar surface area (TPSA) is 52.8 Å². The molecule has 1 rings (SSSR count). The van der Waals surface area contributed by atoms with Gasteiger partial charge in [-0.05, 0) is 40.8 Å². The van der Waals surface area contributed by atoms with E-state index in [4.69, 9.17) is 5.73 Å². The molecule has 0 aromatic heterocycles. The van der Waals surface area contributed by atoms with Gasteiger partial charge in [0.15, 0.2) is 0 Å². The van der Waals surface area contributed by atoms with Crippen molar-refractivity contribution >= 4 is 5.91 Å². The smallest absolute Gasteiger partial charge is 0.224 e. The molecule has 0 saturated carbocycles. The average Bonchev–Trinajstić information content (AvgIpc) is 2.58. The maximum Gasteiger partial charge on any atom is 0.224 e. The Bertz CT molecular complexity index is 294. The van der Waals surface area contributed by atoms with Crippen molar-refractivity contribution in [1.29, 1.82) is 0 Å². The van der Waals surface area contributed by atoms with Crippen LogP contribution in [0, 0.1) is 0 Å². The van der Waals surface area contributed by atoms with Gasteiger partial charge in [-0.3, -0.25) is 9.69 Å². The van der Waals surface area contributed by atoms with Crippen molar-refractivity contribution in [2.75, 3.05) is 46.3 Å². The van der Waals surface area contributed by atoms with Gasteiger partial charge in [-0.25, -0.2) is 0 Å². The van der Waals surface area contributed by atoms with E-state index in [9.17, 15) is 4.79 Å². The lowest BCUT2D eigenvalue weighted by atomic mass is 10.1. The monoisotopic (exact) mass is 284 g/mol. The molecule has 20 heavy (non-hydrogen) atoms. The molecule has 1 fully saturated rings. The van der Waals surface area contributed by atoms with Crippen molar-refractivity contribution in [2.24, 2.45) is 5.73 Å². The van der Waals surface area contributed by atoms with E-state index in [0.717, 1.165) is 39.1 Å². The Morgan fingerprint density at radius 2 is 2.00 bits per heavy atom. The van der Waals surface area contributed by atoms with Crippen LogP contribution in [-0.2, 0) is 4.79 Å². The number of nitrogens with zero attached hydrogens (tertiary/aromatic N) is 3. The van der Waals surface area contributed by atoms with Crippen LogP contribution in [0.4, 0.5) is 0 Å². The third kappa shape index (κ3) is 4.72. The van der Waals surface area contributed by atoms with Crippen molar-refractivity contribution < 1.29 is 4.79 Å². The maximum atomic E-state index is 12.3. The summed E-state index contributed by atoms with van der Waals surface area (Å²) in [6.07, 6.45) is 1.70.